The summed E-state index contributed by atoms with van der Waals surface area (Å²) in [6.07, 6.45) is 1.24. The first-order chi connectivity index (χ1) is 11.9. The number of esters is 1. The largest absolute Gasteiger partial charge is 0.493 e. The summed E-state index contributed by atoms with van der Waals surface area (Å²) in [6.45, 7) is 3.00. The van der Waals surface area contributed by atoms with Crippen molar-refractivity contribution in [1.29, 1.82) is 0 Å². The Morgan fingerprint density at radius 1 is 1.39 bits per heavy atom. The second kappa shape index (κ2) is 7.04. The van der Waals surface area contributed by atoms with E-state index in [0.717, 1.165) is 0 Å². The molecular weight excluding hydrogens is 296 g/mol. The van der Waals surface area contributed by atoms with Crippen molar-refractivity contribution < 1.29 is 26.2 Å². The maximum atomic E-state index is 12.2. The average molecular weight is 320 g/mol. The smallest absolute Gasteiger partial charge is 0.342 e. The first kappa shape index (κ1) is 13.4. The van der Waals surface area contributed by atoms with Crippen molar-refractivity contribution in [2.45, 2.75) is 26.7 Å². The van der Waals surface area contributed by atoms with Gasteiger partial charge < -0.3 is 18.6 Å². The highest BCUT2D eigenvalue weighted by Gasteiger charge is 2.20. The monoisotopic (exact) mass is 320 g/mol. The molecule has 0 atom stereocenters. The van der Waals surface area contributed by atoms with Gasteiger partial charge in [-0.3, -0.25) is 0 Å². The van der Waals surface area contributed by atoms with Gasteiger partial charge in [0.15, 0.2) is 0 Å². The third-order valence-electron chi connectivity index (χ3n) is 3.88. The summed E-state index contributed by atoms with van der Waals surface area (Å²) < 4.78 is 38.1. The van der Waals surface area contributed by atoms with Gasteiger partial charge in [-0.1, -0.05) is 0 Å². The molecule has 0 unspecified atom stereocenters. The van der Waals surface area contributed by atoms with Gasteiger partial charge >= 0.3 is 5.97 Å². The molecule has 0 bridgehead atoms. The van der Waals surface area contributed by atoms with E-state index in [1.807, 2.05) is 0 Å². The maximum Gasteiger partial charge on any atom is 0.342 e. The molecule has 23 heavy (non-hydrogen) atoms. The predicted octanol–water partition coefficient (Wildman–Crippen LogP) is 3.72. The number of rotatable bonds is 5. The lowest BCUT2D eigenvalue weighted by atomic mass is 10.0. The number of furan rings is 1. The zero-order chi connectivity index (χ0) is 18.0. The molecule has 5 nitrogen and oxygen atoms in total. The molecule has 0 radical (unpaired) electrons. The van der Waals surface area contributed by atoms with Gasteiger partial charge in [-0.15, -0.1) is 0 Å². The van der Waals surface area contributed by atoms with E-state index in [-0.39, 0.29) is 12.5 Å². The Hall–Kier alpha value is -2.01. The third-order valence-corrected chi connectivity index (χ3v) is 3.88. The molecule has 0 aliphatic carbocycles. The molecule has 1 aromatic heterocycles. The van der Waals surface area contributed by atoms with E-state index in [9.17, 15) is 4.79 Å². The number of hydrogen-bond donors (Lipinski definition) is 0. The van der Waals surface area contributed by atoms with Crippen LogP contribution in [0.2, 0.25) is 0 Å². The van der Waals surface area contributed by atoms with E-state index in [1.54, 1.807) is 32.0 Å². The Morgan fingerprint density at radius 3 is 2.91 bits per heavy atom. The van der Waals surface area contributed by atoms with Gasteiger partial charge in [0.1, 0.15) is 22.7 Å². The van der Waals surface area contributed by atoms with Crippen LogP contribution in [-0.4, -0.2) is 32.3 Å². The Kier molecular flexibility index (Phi) is 4.11. The second-order valence-electron chi connectivity index (χ2n) is 5.52. The molecule has 124 valence electrons. The average Bonchev–Trinajstić information content (AvgIpc) is 2.91. The summed E-state index contributed by atoms with van der Waals surface area (Å²) in [5.41, 5.74) is 0.897. The van der Waals surface area contributed by atoms with E-state index in [2.05, 4.69) is 0 Å². The number of ether oxygens (including phenoxy) is 3. The van der Waals surface area contributed by atoms with Crippen LogP contribution in [0.4, 0.5) is 0 Å². The van der Waals surface area contributed by atoms with Gasteiger partial charge in [0.25, 0.3) is 0 Å². The van der Waals surface area contributed by atoms with E-state index in [0.29, 0.717) is 54.1 Å². The van der Waals surface area contributed by atoms with Crippen molar-refractivity contribution >= 4 is 16.9 Å². The summed E-state index contributed by atoms with van der Waals surface area (Å²) in [6, 6.07) is 4.97. The van der Waals surface area contributed by atoms with Crippen LogP contribution in [-0.2, 0) is 9.47 Å². The molecule has 2 aromatic rings. The normalized spacial score (nSPS) is 17.7. The van der Waals surface area contributed by atoms with Crippen LogP contribution in [0, 0.1) is 12.8 Å². The molecule has 2 heterocycles. The zero-order valence-corrected chi connectivity index (χ0v) is 13.4. The van der Waals surface area contributed by atoms with Crippen LogP contribution < -0.4 is 4.74 Å². The summed E-state index contributed by atoms with van der Waals surface area (Å²) in [4.78, 5) is 12.2. The van der Waals surface area contributed by atoms with Crippen molar-refractivity contribution in [3.8, 4) is 5.75 Å². The summed E-state index contributed by atoms with van der Waals surface area (Å²) in [5.74, 6) is 0.143. The third kappa shape index (κ3) is 3.50. The maximum absolute atomic E-state index is 12.2. The van der Waals surface area contributed by atoms with Crippen LogP contribution in [0.15, 0.2) is 22.6 Å². The van der Waals surface area contributed by atoms with Gasteiger partial charge in [0.2, 0.25) is 0 Å². The topological polar surface area (TPSA) is 57.9 Å². The van der Waals surface area contributed by atoms with Gasteiger partial charge in [0.05, 0.1) is 15.9 Å². The molecule has 0 amide bonds. The zero-order valence-electron chi connectivity index (χ0n) is 15.4. The Balaban J connectivity index is 1.89. The first-order valence-corrected chi connectivity index (χ1v) is 7.89. The SMILES string of the molecule is [2H]C([2H])(Oc1ccc2oc(C)c(C(=O)OCC)c2c1)C1CCOCC1. The van der Waals surface area contributed by atoms with E-state index >= 15 is 0 Å². The van der Waals surface area contributed by atoms with Crippen LogP contribution in [0.5, 0.6) is 5.75 Å². The lowest BCUT2D eigenvalue weighted by Gasteiger charge is -2.22. The van der Waals surface area contributed by atoms with Crippen molar-refractivity contribution in [3.63, 3.8) is 0 Å². The number of hydrogen-bond acceptors (Lipinski definition) is 5. The summed E-state index contributed by atoms with van der Waals surface area (Å²) >= 11 is 0. The van der Waals surface area contributed by atoms with Gasteiger partial charge in [-0.2, -0.15) is 0 Å². The number of aryl methyl sites for hydroxylation is 1. The summed E-state index contributed by atoms with van der Waals surface area (Å²) in [5, 5.41) is 0.566. The molecular formula is C18H22O5. The van der Waals surface area contributed by atoms with Crippen LogP contribution in [0.1, 0.15) is 38.6 Å². The number of carbonyl (C=O) groups is 1. The minimum Gasteiger partial charge on any atom is -0.493 e. The van der Waals surface area contributed by atoms with Crippen molar-refractivity contribution in [3.05, 3.63) is 29.5 Å². The lowest BCUT2D eigenvalue weighted by molar-refractivity contribution is 0.0497. The van der Waals surface area contributed by atoms with Crippen LogP contribution >= 0.6 is 0 Å². The molecule has 3 rings (SSSR count). The van der Waals surface area contributed by atoms with E-state index in [1.165, 1.54) is 0 Å². The number of carbonyl (C=O) groups excluding carboxylic acids is 1. The van der Waals surface area contributed by atoms with Gasteiger partial charge in [0, 0.05) is 18.6 Å². The summed E-state index contributed by atoms with van der Waals surface area (Å²) in [7, 11) is 0. The fourth-order valence-corrected chi connectivity index (χ4v) is 2.69. The molecule has 1 aliphatic rings. The molecule has 0 spiro atoms. The van der Waals surface area contributed by atoms with Gasteiger partial charge in [-0.05, 0) is 50.8 Å². The quantitative estimate of drug-likeness (QED) is 0.786. The van der Waals surface area contributed by atoms with Crippen LogP contribution in [0.3, 0.4) is 0 Å². The predicted molar refractivity (Wildman–Crippen MR) is 85.9 cm³/mol. The highest BCUT2D eigenvalue weighted by molar-refractivity contribution is 6.04. The molecule has 0 N–H and O–H groups in total. The molecule has 1 fully saturated rings. The second-order valence-corrected chi connectivity index (χ2v) is 5.52. The molecule has 1 aromatic carbocycles. The highest BCUT2D eigenvalue weighted by Crippen LogP contribution is 2.30. The van der Waals surface area contributed by atoms with Crippen molar-refractivity contribution in [2.75, 3.05) is 26.4 Å². The number of benzene rings is 1. The minimum atomic E-state index is -1.81. The van der Waals surface area contributed by atoms with Crippen LogP contribution in [0.25, 0.3) is 11.0 Å². The Morgan fingerprint density at radius 2 is 2.17 bits per heavy atom. The Labute approximate surface area is 138 Å². The van der Waals surface area contributed by atoms with E-state index < -0.39 is 12.5 Å². The molecule has 5 heteroatoms. The highest BCUT2D eigenvalue weighted by atomic mass is 16.5. The van der Waals surface area contributed by atoms with Crippen molar-refractivity contribution in [2.24, 2.45) is 5.92 Å². The first-order valence-electron chi connectivity index (χ1n) is 8.89. The van der Waals surface area contributed by atoms with Gasteiger partial charge in [-0.25, -0.2) is 4.79 Å². The fourth-order valence-electron chi connectivity index (χ4n) is 2.69. The molecule has 0 saturated carbocycles. The molecule has 1 saturated heterocycles. The number of fused-ring (bicyclic) bond motifs is 1. The standard InChI is InChI=1S/C18H22O5/c1-3-21-18(19)17-12(2)23-16-5-4-14(10-15(16)17)22-11-13-6-8-20-9-7-13/h4-5,10,13H,3,6-9,11H2,1-2H3/i11D2. The Bertz CT molecular complexity index is 762. The fraction of sp³-hybridized carbons (Fsp3) is 0.500. The van der Waals surface area contributed by atoms with Crippen molar-refractivity contribution in [1.82, 2.24) is 0 Å². The van der Waals surface area contributed by atoms with E-state index in [4.69, 9.17) is 21.4 Å². The minimum absolute atomic E-state index is 0.229. The lowest BCUT2D eigenvalue weighted by Crippen LogP contribution is -2.21. The molecule has 1 aliphatic heterocycles.